The lowest BCUT2D eigenvalue weighted by Crippen LogP contribution is -2.12. The molecule has 0 N–H and O–H groups in total. The van der Waals surface area contributed by atoms with Crippen LogP contribution in [-0.4, -0.2) is 0 Å². The van der Waals surface area contributed by atoms with Gasteiger partial charge in [-0.1, -0.05) is 108 Å². The van der Waals surface area contributed by atoms with Crippen LogP contribution in [0.5, 0.6) is 0 Å². The topological polar surface area (TPSA) is 0 Å². The summed E-state index contributed by atoms with van der Waals surface area (Å²) in [5.41, 5.74) is 5.78. The van der Waals surface area contributed by atoms with E-state index in [9.17, 15) is 0 Å². The minimum absolute atomic E-state index is 0. The molecule has 0 radical (unpaired) electrons. The minimum atomic E-state index is 0. The van der Waals surface area contributed by atoms with Crippen molar-refractivity contribution >= 4 is 0 Å². The van der Waals surface area contributed by atoms with E-state index in [-0.39, 0.29) is 10.3 Å². The van der Waals surface area contributed by atoms with Gasteiger partial charge in [0.25, 0.3) is 0 Å². The molecule has 0 amide bonds. The van der Waals surface area contributed by atoms with Crippen LogP contribution >= 0.6 is 0 Å². The molecule has 162 valence electrons. The van der Waals surface area contributed by atoms with Gasteiger partial charge in [-0.05, 0) is 71.6 Å². The van der Waals surface area contributed by atoms with Crippen LogP contribution in [0.4, 0.5) is 0 Å². The predicted molar refractivity (Wildman–Crippen MR) is 133 cm³/mol. The van der Waals surface area contributed by atoms with Crippen molar-refractivity contribution in [3.63, 3.8) is 0 Å². The second kappa shape index (κ2) is 10.5. The summed E-state index contributed by atoms with van der Waals surface area (Å²) in [4.78, 5) is 0. The maximum atomic E-state index is 2.41. The zero-order chi connectivity index (χ0) is 19.3. The van der Waals surface area contributed by atoms with Crippen molar-refractivity contribution < 1.29 is 2.85 Å². The van der Waals surface area contributed by atoms with Crippen molar-refractivity contribution in [1.29, 1.82) is 0 Å². The summed E-state index contributed by atoms with van der Waals surface area (Å²) >= 11 is 0. The van der Waals surface area contributed by atoms with E-state index in [1.807, 2.05) is 0 Å². The molecule has 29 heavy (non-hydrogen) atoms. The van der Waals surface area contributed by atoms with Crippen LogP contribution < -0.4 is 0 Å². The lowest BCUT2D eigenvalue weighted by molar-refractivity contribution is 0.278. The third kappa shape index (κ3) is 5.97. The summed E-state index contributed by atoms with van der Waals surface area (Å²) in [6, 6.07) is 18.8. The Morgan fingerprint density at radius 3 is 1.69 bits per heavy atom. The molecule has 0 saturated heterocycles. The molecule has 2 aromatic rings. The van der Waals surface area contributed by atoms with Gasteiger partial charge >= 0.3 is 0 Å². The Bertz CT molecular complexity index is 718. The molecule has 2 aromatic carbocycles. The Morgan fingerprint density at radius 1 is 0.655 bits per heavy atom. The van der Waals surface area contributed by atoms with Gasteiger partial charge in [-0.15, -0.1) is 0 Å². The highest BCUT2D eigenvalue weighted by molar-refractivity contribution is 5.64. The van der Waals surface area contributed by atoms with E-state index in [0.29, 0.717) is 0 Å². The molecule has 0 aliphatic heterocycles. The van der Waals surface area contributed by atoms with Gasteiger partial charge in [-0.2, -0.15) is 0 Å². The molecule has 0 heteroatoms. The fourth-order valence-electron chi connectivity index (χ4n) is 5.39. The van der Waals surface area contributed by atoms with Gasteiger partial charge in [0.05, 0.1) is 0 Å². The van der Waals surface area contributed by atoms with Crippen LogP contribution in [0.15, 0.2) is 48.5 Å². The molecule has 0 unspecified atom stereocenters. The third-order valence-corrected chi connectivity index (χ3v) is 7.66. The highest BCUT2D eigenvalue weighted by atomic mass is 14.2. The average Bonchev–Trinajstić information content (AvgIpc) is 2.74. The molecular formula is C29H46. The van der Waals surface area contributed by atoms with Gasteiger partial charge < -0.3 is 0 Å². The van der Waals surface area contributed by atoms with Crippen molar-refractivity contribution in [2.45, 2.75) is 91.4 Å². The Hall–Kier alpha value is -1.56. The summed E-state index contributed by atoms with van der Waals surface area (Å²) in [5.74, 6) is 3.64. The molecular weight excluding hydrogens is 348 g/mol. The standard InChI is InChI=1S/C28H38.CH4.2H2/c1-21-3-7-23(8-4-21)9-10-24-11-15-26(16-12-24)28-19-17-27(18-20-28)25-13-5-22(2)6-14-25;;;/h11-12,15-23,25H,3-10,13-14H2,1-2H3;1H4;2*1H. The fourth-order valence-corrected chi connectivity index (χ4v) is 5.39. The first-order chi connectivity index (χ1) is 13.7. The summed E-state index contributed by atoms with van der Waals surface area (Å²) < 4.78 is 0. The van der Waals surface area contributed by atoms with Crippen molar-refractivity contribution in [1.82, 2.24) is 0 Å². The fraction of sp³-hybridized carbons (Fsp3) is 0.586. The normalized spacial score (nSPS) is 27.2. The van der Waals surface area contributed by atoms with Gasteiger partial charge in [-0.3, -0.25) is 0 Å². The zero-order valence-corrected chi connectivity index (χ0v) is 18.0. The van der Waals surface area contributed by atoms with Gasteiger partial charge in [0.1, 0.15) is 0 Å². The maximum Gasteiger partial charge on any atom is 0 e. The predicted octanol–water partition coefficient (Wildman–Crippen LogP) is 9.53. The molecule has 0 nitrogen and oxygen atoms in total. The molecule has 0 heterocycles. The molecule has 2 fully saturated rings. The molecule has 0 aromatic heterocycles. The van der Waals surface area contributed by atoms with Crippen LogP contribution in [0.2, 0.25) is 0 Å². The average molecular weight is 395 g/mol. The Balaban J connectivity index is 0.00000160. The van der Waals surface area contributed by atoms with Crippen LogP contribution in [0.1, 0.15) is 99.0 Å². The van der Waals surface area contributed by atoms with E-state index in [0.717, 1.165) is 23.7 Å². The smallest absolute Gasteiger partial charge is 0 e. The first kappa shape index (κ1) is 22.1. The van der Waals surface area contributed by atoms with Crippen molar-refractivity contribution in [2.24, 2.45) is 17.8 Å². The summed E-state index contributed by atoms with van der Waals surface area (Å²) in [7, 11) is 0. The first-order valence-corrected chi connectivity index (χ1v) is 11.9. The van der Waals surface area contributed by atoms with Gasteiger partial charge in [0.2, 0.25) is 0 Å². The van der Waals surface area contributed by atoms with Gasteiger partial charge in [0.15, 0.2) is 0 Å². The van der Waals surface area contributed by atoms with Crippen molar-refractivity contribution in [3.05, 3.63) is 59.7 Å². The van der Waals surface area contributed by atoms with Crippen molar-refractivity contribution in [3.8, 4) is 11.1 Å². The second-order valence-electron chi connectivity index (χ2n) is 9.94. The van der Waals surface area contributed by atoms with E-state index in [2.05, 4.69) is 62.4 Å². The molecule has 4 rings (SSSR count). The maximum absolute atomic E-state index is 2.41. The SMILES string of the molecule is C.CC1CCC(CCc2ccc(-c3ccc(C4CCC(C)CC4)cc3)cc2)CC1.[HH].[HH]. The molecule has 0 bridgehead atoms. The number of hydrogen-bond donors (Lipinski definition) is 0. The summed E-state index contributed by atoms with van der Waals surface area (Å²) in [6.07, 6.45) is 13.9. The number of benzene rings is 2. The van der Waals surface area contributed by atoms with Crippen LogP contribution in [-0.2, 0) is 6.42 Å². The molecule has 0 spiro atoms. The van der Waals surface area contributed by atoms with E-state index < -0.39 is 0 Å². The quantitative estimate of drug-likeness (QED) is 0.473. The lowest BCUT2D eigenvalue weighted by Gasteiger charge is -2.26. The Kier molecular flexibility index (Phi) is 7.99. The number of rotatable bonds is 5. The molecule has 0 atom stereocenters. The Labute approximate surface area is 183 Å². The highest BCUT2D eigenvalue weighted by Crippen LogP contribution is 2.36. The second-order valence-corrected chi connectivity index (χ2v) is 9.94. The Morgan fingerprint density at radius 2 is 1.14 bits per heavy atom. The van der Waals surface area contributed by atoms with Crippen LogP contribution in [0.25, 0.3) is 11.1 Å². The first-order valence-electron chi connectivity index (χ1n) is 11.9. The van der Waals surface area contributed by atoms with E-state index >= 15 is 0 Å². The largest absolute Gasteiger partial charge is 0.0776 e. The summed E-state index contributed by atoms with van der Waals surface area (Å²) in [5, 5.41) is 0. The zero-order valence-electron chi connectivity index (χ0n) is 18.0. The van der Waals surface area contributed by atoms with E-state index in [4.69, 9.17) is 0 Å². The van der Waals surface area contributed by atoms with Gasteiger partial charge in [-0.25, -0.2) is 0 Å². The molecule has 2 aliphatic rings. The highest BCUT2D eigenvalue weighted by Gasteiger charge is 2.20. The third-order valence-electron chi connectivity index (χ3n) is 7.66. The minimum Gasteiger partial charge on any atom is -0.0776 e. The van der Waals surface area contributed by atoms with Crippen LogP contribution in [0.3, 0.4) is 0 Å². The van der Waals surface area contributed by atoms with E-state index in [1.165, 1.54) is 80.9 Å². The van der Waals surface area contributed by atoms with Crippen LogP contribution in [0, 0.1) is 17.8 Å². The van der Waals surface area contributed by atoms with Gasteiger partial charge in [0, 0.05) is 2.85 Å². The lowest BCUT2D eigenvalue weighted by atomic mass is 9.79. The summed E-state index contributed by atoms with van der Waals surface area (Å²) in [6.45, 7) is 4.82. The number of aryl methyl sites for hydroxylation is 1. The van der Waals surface area contributed by atoms with E-state index in [1.54, 1.807) is 5.56 Å². The monoisotopic (exact) mass is 394 g/mol. The number of hydrogen-bond acceptors (Lipinski definition) is 0. The molecule has 2 saturated carbocycles. The molecule has 2 aliphatic carbocycles. The van der Waals surface area contributed by atoms with Crippen molar-refractivity contribution in [2.75, 3.05) is 0 Å².